The highest BCUT2D eigenvalue weighted by Crippen LogP contribution is 2.25. The smallest absolute Gasteiger partial charge is 0.243 e. The van der Waals surface area contributed by atoms with Gasteiger partial charge in [0.1, 0.15) is 5.82 Å². The molecule has 0 unspecified atom stereocenters. The first-order chi connectivity index (χ1) is 12.4. The number of halogens is 1. The lowest BCUT2D eigenvalue weighted by atomic mass is 9.98. The number of para-hydroxylation sites is 1. The summed E-state index contributed by atoms with van der Waals surface area (Å²) >= 11 is 0. The van der Waals surface area contributed by atoms with Gasteiger partial charge >= 0.3 is 0 Å². The van der Waals surface area contributed by atoms with Gasteiger partial charge < -0.3 is 5.32 Å². The molecule has 1 atom stereocenters. The SMILES string of the molecule is Cc1ccccc1NC(=O)[C@H]1CCCN(S(=O)(=O)c2ccc(F)cc2)C1. The van der Waals surface area contributed by atoms with Crippen LogP contribution < -0.4 is 5.32 Å². The Bertz CT molecular complexity index is 897. The van der Waals surface area contributed by atoms with Gasteiger partial charge in [0.2, 0.25) is 15.9 Å². The van der Waals surface area contributed by atoms with Gasteiger partial charge in [-0.1, -0.05) is 18.2 Å². The van der Waals surface area contributed by atoms with Crippen LogP contribution in [0.15, 0.2) is 53.4 Å². The fourth-order valence-electron chi connectivity index (χ4n) is 3.08. The molecule has 138 valence electrons. The fraction of sp³-hybridized carbons (Fsp3) is 0.316. The van der Waals surface area contributed by atoms with Gasteiger partial charge in [0.05, 0.1) is 10.8 Å². The second-order valence-corrected chi connectivity index (χ2v) is 8.40. The van der Waals surface area contributed by atoms with E-state index in [2.05, 4.69) is 5.32 Å². The van der Waals surface area contributed by atoms with Crippen LogP contribution in [-0.2, 0) is 14.8 Å². The van der Waals surface area contributed by atoms with Crippen molar-refractivity contribution in [3.05, 3.63) is 59.9 Å². The molecule has 1 aliphatic heterocycles. The standard InChI is InChI=1S/C19H21FN2O3S/c1-14-5-2-3-7-18(14)21-19(23)15-6-4-12-22(13-15)26(24,25)17-10-8-16(20)9-11-17/h2-3,5,7-11,15H,4,6,12-13H2,1H3,(H,21,23)/t15-/m0/s1. The zero-order valence-electron chi connectivity index (χ0n) is 14.5. The molecule has 1 aliphatic rings. The summed E-state index contributed by atoms with van der Waals surface area (Å²) in [6.07, 6.45) is 1.24. The van der Waals surface area contributed by atoms with E-state index in [0.29, 0.717) is 19.4 Å². The van der Waals surface area contributed by atoms with Crippen LogP contribution >= 0.6 is 0 Å². The minimum Gasteiger partial charge on any atom is -0.326 e. The largest absolute Gasteiger partial charge is 0.326 e. The van der Waals surface area contributed by atoms with Crippen LogP contribution in [0.3, 0.4) is 0 Å². The highest BCUT2D eigenvalue weighted by atomic mass is 32.2. The number of carbonyl (C=O) groups excluding carboxylic acids is 1. The third-order valence-electron chi connectivity index (χ3n) is 4.61. The second-order valence-electron chi connectivity index (χ2n) is 6.46. The van der Waals surface area contributed by atoms with E-state index >= 15 is 0 Å². The van der Waals surface area contributed by atoms with Gasteiger partial charge in [-0.15, -0.1) is 0 Å². The molecule has 0 aromatic heterocycles. The maximum atomic E-state index is 13.1. The highest BCUT2D eigenvalue weighted by Gasteiger charge is 2.33. The molecule has 1 amide bonds. The molecule has 1 N–H and O–H groups in total. The van der Waals surface area contributed by atoms with Crippen LogP contribution in [0.5, 0.6) is 0 Å². The van der Waals surface area contributed by atoms with Crippen molar-refractivity contribution in [2.75, 3.05) is 18.4 Å². The number of nitrogens with zero attached hydrogens (tertiary/aromatic N) is 1. The number of benzene rings is 2. The number of carbonyl (C=O) groups is 1. The van der Waals surface area contributed by atoms with Crippen molar-refractivity contribution in [1.29, 1.82) is 0 Å². The Kier molecular flexibility index (Phi) is 5.38. The quantitative estimate of drug-likeness (QED) is 0.891. The van der Waals surface area contributed by atoms with Crippen molar-refractivity contribution in [3.8, 4) is 0 Å². The zero-order chi connectivity index (χ0) is 18.7. The van der Waals surface area contributed by atoms with Crippen LogP contribution in [0.1, 0.15) is 18.4 Å². The Balaban J connectivity index is 1.73. The van der Waals surface area contributed by atoms with Crippen molar-refractivity contribution >= 4 is 21.6 Å². The molecule has 2 aromatic rings. The zero-order valence-corrected chi connectivity index (χ0v) is 15.3. The molecular weight excluding hydrogens is 355 g/mol. The highest BCUT2D eigenvalue weighted by molar-refractivity contribution is 7.89. The van der Waals surface area contributed by atoms with Gasteiger partial charge in [-0.2, -0.15) is 4.31 Å². The summed E-state index contributed by atoms with van der Waals surface area (Å²) in [6, 6.07) is 12.2. The fourth-order valence-corrected chi connectivity index (χ4v) is 4.60. The van der Waals surface area contributed by atoms with E-state index in [1.807, 2.05) is 31.2 Å². The molecule has 3 rings (SSSR count). The maximum absolute atomic E-state index is 13.1. The van der Waals surface area contributed by atoms with E-state index < -0.39 is 21.8 Å². The average Bonchev–Trinajstić information content (AvgIpc) is 2.64. The van der Waals surface area contributed by atoms with Gasteiger partial charge in [0.15, 0.2) is 0 Å². The Morgan fingerprint density at radius 2 is 1.85 bits per heavy atom. The molecule has 5 nitrogen and oxygen atoms in total. The van der Waals surface area contributed by atoms with Crippen LogP contribution in [0.25, 0.3) is 0 Å². The lowest BCUT2D eigenvalue weighted by Crippen LogP contribution is -2.43. The number of aryl methyl sites for hydroxylation is 1. The topological polar surface area (TPSA) is 66.5 Å². The second kappa shape index (κ2) is 7.55. The number of hydrogen-bond acceptors (Lipinski definition) is 3. The van der Waals surface area contributed by atoms with Gasteiger partial charge in [-0.05, 0) is 55.7 Å². The number of amides is 1. The number of rotatable bonds is 4. The summed E-state index contributed by atoms with van der Waals surface area (Å²) in [4.78, 5) is 12.6. The summed E-state index contributed by atoms with van der Waals surface area (Å²) in [6.45, 7) is 2.38. The molecule has 2 aromatic carbocycles. The van der Waals surface area contributed by atoms with Gasteiger partial charge in [0, 0.05) is 18.8 Å². The lowest BCUT2D eigenvalue weighted by molar-refractivity contribution is -0.120. The number of sulfonamides is 1. The van der Waals surface area contributed by atoms with E-state index in [1.165, 1.54) is 16.4 Å². The van der Waals surface area contributed by atoms with Gasteiger partial charge in [0.25, 0.3) is 0 Å². The van der Waals surface area contributed by atoms with E-state index in [0.717, 1.165) is 23.4 Å². The molecule has 0 spiro atoms. The van der Waals surface area contributed by atoms with Crippen LogP contribution in [0.2, 0.25) is 0 Å². The number of hydrogen-bond donors (Lipinski definition) is 1. The molecule has 7 heteroatoms. The minimum atomic E-state index is -3.74. The van der Waals surface area contributed by atoms with Crippen molar-refractivity contribution in [2.45, 2.75) is 24.7 Å². The third-order valence-corrected chi connectivity index (χ3v) is 6.49. The Labute approximate surface area is 152 Å². The van der Waals surface area contributed by atoms with E-state index in [1.54, 1.807) is 0 Å². The van der Waals surface area contributed by atoms with E-state index in [-0.39, 0.29) is 17.3 Å². The van der Waals surface area contributed by atoms with Crippen LogP contribution in [-0.4, -0.2) is 31.7 Å². The summed E-state index contributed by atoms with van der Waals surface area (Å²) in [7, 11) is -3.74. The molecule has 26 heavy (non-hydrogen) atoms. The van der Waals surface area contributed by atoms with Gasteiger partial charge in [-0.25, -0.2) is 12.8 Å². The Morgan fingerprint density at radius 3 is 2.54 bits per heavy atom. The molecule has 1 fully saturated rings. The molecule has 0 radical (unpaired) electrons. The van der Waals surface area contributed by atoms with Crippen molar-refractivity contribution in [2.24, 2.45) is 5.92 Å². The molecule has 1 saturated heterocycles. The van der Waals surface area contributed by atoms with Gasteiger partial charge in [-0.3, -0.25) is 4.79 Å². The maximum Gasteiger partial charge on any atom is 0.243 e. The van der Waals surface area contributed by atoms with Crippen molar-refractivity contribution < 1.29 is 17.6 Å². The predicted molar refractivity (Wildman–Crippen MR) is 97.7 cm³/mol. The average molecular weight is 376 g/mol. The Hall–Kier alpha value is -2.25. The van der Waals surface area contributed by atoms with E-state index in [4.69, 9.17) is 0 Å². The summed E-state index contributed by atoms with van der Waals surface area (Å²) in [5, 5.41) is 2.89. The summed E-state index contributed by atoms with van der Waals surface area (Å²) in [5.74, 6) is -1.09. The Morgan fingerprint density at radius 1 is 1.15 bits per heavy atom. The minimum absolute atomic E-state index is 0.0406. The normalized spacial score (nSPS) is 18.5. The first kappa shape index (κ1) is 18.5. The predicted octanol–water partition coefficient (Wildman–Crippen LogP) is 3.17. The van der Waals surface area contributed by atoms with Crippen LogP contribution in [0.4, 0.5) is 10.1 Å². The monoisotopic (exact) mass is 376 g/mol. The molecule has 1 heterocycles. The summed E-state index contributed by atoms with van der Waals surface area (Å²) in [5.41, 5.74) is 1.68. The first-order valence-corrected chi connectivity index (χ1v) is 9.94. The van der Waals surface area contributed by atoms with Crippen molar-refractivity contribution in [1.82, 2.24) is 4.31 Å². The number of piperidine rings is 1. The number of anilines is 1. The first-order valence-electron chi connectivity index (χ1n) is 8.50. The molecular formula is C19H21FN2O3S. The van der Waals surface area contributed by atoms with Crippen molar-refractivity contribution in [3.63, 3.8) is 0 Å². The molecule has 0 bridgehead atoms. The summed E-state index contributed by atoms with van der Waals surface area (Å²) < 4.78 is 39.9. The van der Waals surface area contributed by atoms with Crippen LogP contribution in [0, 0.1) is 18.7 Å². The molecule has 0 saturated carbocycles. The lowest BCUT2D eigenvalue weighted by Gasteiger charge is -2.31. The third kappa shape index (κ3) is 3.94. The molecule has 0 aliphatic carbocycles. The number of nitrogens with one attached hydrogen (secondary N) is 1. The van der Waals surface area contributed by atoms with E-state index in [9.17, 15) is 17.6 Å².